The van der Waals surface area contributed by atoms with Crippen molar-refractivity contribution in [2.24, 2.45) is 5.41 Å². The Morgan fingerprint density at radius 2 is 2.29 bits per heavy atom. The molecule has 4 unspecified atom stereocenters. The third kappa shape index (κ3) is 2.33. The second-order valence-corrected chi connectivity index (χ2v) is 5.46. The van der Waals surface area contributed by atoms with Gasteiger partial charge in [0, 0.05) is 37.1 Å². The van der Waals surface area contributed by atoms with E-state index in [1.807, 2.05) is 0 Å². The van der Waals surface area contributed by atoms with Crippen molar-refractivity contribution in [3.8, 4) is 0 Å². The van der Waals surface area contributed by atoms with Gasteiger partial charge in [0.1, 0.15) is 0 Å². The summed E-state index contributed by atoms with van der Waals surface area (Å²) in [6, 6.07) is 0.794. The Bertz CT molecular complexity index is 295. The molecule has 2 fully saturated rings. The molecule has 1 saturated carbocycles. The molecule has 4 atom stereocenters. The zero-order valence-electron chi connectivity index (χ0n) is 11.1. The minimum absolute atomic E-state index is 0.168. The summed E-state index contributed by atoms with van der Waals surface area (Å²) in [4.78, 5) is 11.2. The van der Waals surface area contributed by atoms with E-state index in [1.165, 1.54) is 0 Å². The zero-order chi connectivity index (χ0) is 12.5. The SMILES string of the molecule is CCOC1CC(NC2CNC(=O)C2)C1(C)CC. The van der Waals surface area contributed by atoms with E-state index in [0.29, 0.717) is 24.6 Å². The standard InChI is InChI=1S/C13H24N2O2/c1-4-13(3)10(7-11(13)17-5-2)15-9-6-12(16)14-8-9/h9-11,15H,4-8H2,1-3H3,(H,14,16). The van der Waals surface area contributed by atoms with Gasteiger partial charge in [-0.2, -0.15) is 0 Å². The number of nitrogens with one attached hydrogen (secondary N) is 2. The molecule has 1 aliphatic heterocycles. The highest BCUT2D eigenvalue weighted by Gasteiger charge is 2.51. The quantitative estimate of drug-likeness (QED) is 0.755. The van der Waals surface area contributed by atoms with Crippen LogP contribution in [0.5, 0.6) is 0 Å². The van der Waals surface area contributed by atoms with E-state index in [1.54, 1.807) is 0 Å². The third-order valence-corrected chi connectivity index (χ3v) is 4.53. The average Bonchev–Trinajstić information content (AvgIpc) is 2.72. The summed E-state index contributed by atoms with van der Waals surface area (Å²) in [5.74, 6) is 0.168. The topological polar surface area (TPSA) is 50.4 Å². The molecule has 2 rings (SSSR count). The van der Waals surface area contributed by atoms with Crippen molar-refractivity contribution in [2.75, 3.05) is 13.2 Å². The predicted molar refractivity (Wildman–Crippen MR) is 66.8 cm³/mol. The highest BCUT2D eigenvalue weighted by atomic mass is 16.5. The van der Waals surface area contributed by atoms with Gasteiger partial charge in [0.05, 0.1) is 6.10 Å². The molecule has 2 aliphatic rings. The van der Waals surface area contributed by atoms with Crippen LogP contribution in [0, 0.1) is 5.41 Å². The van der Waals surface area contributed by atoms with Crippen molar-refractivity contribution >= 4 is 5.91 Å². The lowest BCUT2D eigenvalue weighted by Crippen LogP contribution is -2.64. The van der Waals surface area contributed by atoms with E-state index in [4.69, 9.17) is 4.74 Å². The van der Waals surface area contributed by atoms with Crippen LogP contribution in [0.1, 0.15) is 40.0 Å². The molecule has 1 amide bonds. The Morgan fingerprint density at radius 3 is 2.82 bits per heavy atom. The molecule has 0 aromatic rings. The maximum atomic E-state index is 11.2. The monoisotopic (exact) mass is 240 g/mol. The minimum atomic E-state index is 0.168. The molecular formula is C13H24N2O2. The normalized spacial score (nSPS) is 41.1. The molecule has 0 bridgehead atoms. The number of carbonyl (C=O) groups is 1. The van der Waals surface area contributed by atoms with Gasteiger partial charge in [-0.05, 0) is 19.8 Å². The van der Waals surface area contributed by atoms with E-state index in [0.717, 1.165) is 26.0 Å². The van der Waals surface area contributed by atoms with Crippen molar-refractivity contribution < 1.29 is 9.53 Å². The fourth-order valence-electron chi connectivity index (χ4n) is 3.02. The molecule has 17 heavy (non-hydrogen) atoms. The first kappa shape index (κ1) is 12.8. The molecule has 0 aromatic carbocycles. The Labute approximate surface area is 103 Å². The van der Waals surface area contributed by atoms with Gasteiger partial charge >= 0.3 is 0 Å². The molecule has 4 nitrogen and oxygen atoms in total. The van der Waals surface area contributed by atoms with Crippen LogP contribution in [0.15, 0.2) is 0 Å². The van der Waals surface area contributed by atoms with E-state index in [-0.39, 0.29) is 11.3 Å². The number of amides is 1. The van der Waals surface area contributed by atoms with E-state index >= 15 is 0 Å². The fraction of sp³-hybridized carbons (Fsp3) is 0.923. The van der Waals surface area contributed by atoms with Crippen LogP contribution in [0.25, 0.3) is 0 Å². The molecule has 1 heterocycles. The van der Waals surface area contributed by atoms with Crippen LogP contribution in [0.4, 0.5) is 0 Å². The molecule has 4 heteroatoms. The van der Waals surface area contributed by atoms with Gasteiger partial charge in [-0.1, -0.05) is 13.8 Å². The van der Waals surface area contributed by atoms with Crippen molar-refractivity contribution in [3.05, 3.63) is 0 Å². The maximum absolute atomic E-state index is 11.2. The molecule has 0 aromatic heterocycles. The Kier molecular flexibility index (Phi) is 3.73. The summed E-state index contributed by atoms with van der Waals surface area (Å²) in [6.45, 7) is 8.12. The highest BCUT2D eigenvalue weighted by molar-refractivity contribution is 5.78. The van der Waals surface area contributed by atoms with Crippen LogP contribution in [-0.2, 0) is 9.53 Å². The molecule has 0 radical (unpaired) electrons. The third-order valence-electron chi connectivity index (χ3n) is 4.53. The summed E-state index contributed by atoms with van der Waals surface area (Å²) >= 11 is 0. The Balaban J connectivity index is 1.88. The van der Waals surface area contributed by atoms with Gasteiger partial charge < -0.3 is 15.4 Å². The number of carbonyl (C=O) groups excluding carboxylic acids is 1. The van der Waals surface area contributed by atoms with Crippen molar-refractivity contribution in [2.45, 2.75) is 58.2 Å². The molecular weight excluding hydrogens is 216 g/mol. The van der Waals surface area contributed by atoms with Gasteiger partial charge in [-0.15, -0.1) is 0 Å². The number of hydrogen-bond acceptors (Lipinski definition) is 3. The van der Waals surface area contributed by atoms with Gasteiger partial charge in [-0.3, -0.25) is 4.79 Å². The van der Waals surface area contributed by atoms with Gasteiger partial charge in [0.25, 0.3) is 0 Å². The van der Waals surface area contributed by atoms with Crippen LogP contribution < -0.4 is 10.6 Å². The largest absolute Gasteiger partial charge is 0.378 e. The number of ether oxygens (including phenoxy) is 1. The maximum Gasteiger partial charge on any atom is 0.221 e. The second-order valence-electron chi connectivity index (χ2n) is 5.46. The minimum Gasteiger partial charge on any atom is -0.378 e. The number of hydrogen-bond donors (Lipinski definition) is 2. The van der Waals surface area contributed by atoms with Crippen LogP contribution >= 0.6 is 0 Å². The predicted octanol–water partition coefficient (Wildman–Crippen LogP) is 1.06. The molecule has 2 N–H and O–H groups in total. The molecule has 0 spiro atoms. The zero-order valence-corrected chi connectivity index (χ0v) is 11.1. The lowest BCUT2D eigenvalue weighted by Gasteiger charge is -2.54. The highest BCUT2D eigenvalue weighted by Crippen LogP contribution is 2.46. The molecule has 1 saturated heterocycles. The Hall–Kier alpha value is -0.610. The first-order valence-corrected chi connectivity index (χ1v) is 6.74. The lowest BCUT2D eigenvalue weighted by atomic mass is 9.61. The van der Waals surface area contributed by atoms with Crippen molar-refractivity contribution in [1.82, 2.24) is 10.6 Å². The van der Waals surface area contributed by atoms with Crippen LogP contribution in [0.2, 0.25) is 0 Å². The Morgan fingerprint density at radius 1 is 1.53 bits per heavy atom. The average molecular weight is 240 g/mol. The summed E-state index contributed by atoms with van der Waals surface area (Å²) in [7, 11) is 0. The molecule has 1 aliphatic carbocycles. The van der Waals surface area contributed by atoms with E-state index in [2.05, 4.69) is 31.4 Å². The van der Waals surface area contributed by atoms with Crippen LogP contribution in [-0.4, -0.2) is 37.2 Å². The van der Waals surface area contributed by atoms with Gasteiger partial charge in [-0.25, -0.2) is 0 Å². The van der Waals surface area contributed by atoms with E-state index in [9.17, 15) is 4.79 Å². The second kappa shape index (κ2) is 4.94. The lowest BCUT2D eigenvalue weighted by molar-refractivity contribution is -0.128. The van der Waals surface area contributed by atoms with Gasteiger partial charge in [0.15, 0.2) is 0 Å². The van der Waals surface area contributed by atoms with Crippen LogP contribution in [0.3, 0.4) is 0 Å². The fourth-order valence-corrected chi connectivity index (χ4v) is 3.02. The summed E-state index contributed by atoms with van der Waals surface area (Å²) in [6.07, 6.45) is 3.18. The first-order chi connectivity index (χ1) is 8.10. The summed E-state index contributed by atoms with van der Waals surface area (Å²) in [5.41, 5.74) is 0.224. The first-order valence-electron chi connectivity index (χ1n) is 6.74. The van der Waals surface area contributed by atoms with E-state index < -0.39 is 0 Å². The van der Waals surface area contributed by atoms with Crippen molar-refractivity contribution in [1.29, 1.82) is 0 Å². The smallest absolute Gasteiger partial charge is 0.221 e. The number of rotatable bonds is 5. The molecule has 98 valence electrons. The van der Waals surface area contributed by atoms with Gasteiger partial charge in [0.2, 0.25) is 5.91 Å². The van der Waals surface area contributed by atoms with Crippen molar-refractivity contribution in [3.63, 3.8) is 0 Å². The summed E-state index contributed by atoms with van der Waals surface area (Å²) < 4.78 is 5.78. The summed E-state index contributed by atoms with van der Waals surface area (Å²) in [5, 5.41) is 6.48.